The normalized spacial score (nSPS) is 11.2. The molecular formula is C20H14ClFN2S2. The summed E-state index contributed by atoms with van der Waals surface area (Å²) >= 11 is 9.45. The summed E-state index contributed by atoms with van der Waals surface area (Å²) in [6.07, 6.45) is 1.59. The first-order valence-corrected chi connectivity index (χ1v) is 9.97. The second-order valence-electron chi connectivity index (χ2n) is 5.98. The van der Waals surface area contributed by atoms with Crippen molar-refractivity contribution in [3.05, 3.63) is 70.8 Å². The number of aromatic nitrogens is 2. The fraction of sp³-hybridized carbons (Fsp3) is 0.100. The maximum atomic E-state index is 13.2. The molecule has 4 aromatic rings. The Hall–Kier alpha value is -1.95. The van der Waals surface area contributed by atoms with Crippen LogP contribution < -0.4 is 0 Å². The molecular weight excluding hydrogens is 387 g/mol. The van der Waals surface area contributed by atoms with Gasteiger partial charge in [-0.15, -0.1) is 11.3 Å². The van der Waals surface area contributed by atoms with Gasteiger partial charge in [0.1, 0.15) is 17.2 Å². The predicted octanol–water partition coefficient (Wildman–Crippen LogP) is 6.92. The van der Waals surface area contributed by atoms with Crippen LogP contribution in [-0.2, 0) is 0 Å². The largest absolute Gasteiger partial charge is 0.235 e. The van der Waals surface area contributed by atoms with Crippen molar-refractivity contribution in [1.29, 1.82) is 0 Å². The van der Waals surface area contributed by atoms with Gasteiger partial charge in [0.25, 0.3) is 0 Å². The molecule has 0 aliphatic heterocycles. The number of hydrogen-bond donors (Lipinski definition) is 0. The Morgan fingerprint density at radius 3 is 2.54 bits per heavy atom. The zero-order valence-electron chi connectivity index (χ0n) is 14.1. The summed E-state index contributed by atoms with van der Waals surface area (Å²) in [4.78, 5) is 11.1. The molecule has 0 aliphatic rings. The van der Waals surface area contributed by atoms with Gasteiger partial charge in [-0.1, -0.05) is 35.5 Å². The van der Waals surface area contributed by atoms with Gasteiger partial charge in [-0.25, -0.2) is 14.4 Å². The Balaban J connectivity index is 1.77. The van der Waals surface area contributed by atoms with Crippen molar-refractivity contribution in [3.63, 3.8) is 0 Å². The third kappa shape index (κ3) is 3.34. The van der Waals surface area contributed by atoms with E-state index in [-0.39, 0.29) is 5.82 Å². The summed E-state index contributed by atoms with van der Waals surface area (Å²) < 4.78 is 14.2. The minimum absolute atomic E-state index is 0.237. The Labute approximate surface area is 164 Å². The fourth-order valence-corrected chi connectivity index (χ4v) is 5.06. The highest BCUT2D eigenvalue weighted by Gasteiger charge is 2.13. The summed E-state index contributed by atoms with van der Waals surface area (Å²) in [6, 6.07) is 12.6. The Kier molecular flexibility index (Phi) is 4.69. The highest BCUT2D eigenvalue weighted by atomic mass is 35.5. The van der Waals surface area contributed by atoms with Crippen LogP contribution in [0.5, 0.6) is 0 Å². The Bertz CT molecular complexity index is 1110. The number of thiophene rings is 1. The van der Waals surface area contributed by atoms with Gasteiger partial charge in [0.05, 0.1) is 10.2 Å². The van der Waals surface area contributed by atoms with Crippen molar-refractivity contribution in [2.24, 2.45) is 0 Å². The molecule has 4 rings (SSSR count). The molecule has 0 atom stereocenters. The molecule has 0 aliphatic carbocycles. The molecule has 26 heavy (non-hydrogen) atoms. The molecule has 2 heterocycles. The Morgan fingerprint density at radius 1 is 1.00 bits per heavy atom. The predicted molar refractivity (Wildman–Crippen MR) is 108 cm³/mol. The molecule has 130 valence electrons. The third-order valence-electron chi connectivity index (χ3n) is 4.07. The summed E-state index contributed by atoms with van der Waals surface area (Å²) in [7, 11) is 0. The number of fused-ring (bicyclic) bond motifs is 1. The van der Waals surface area contributed by atoms with Crippen LogP contribution in [0.1, 0.15) is 11.1 Å². The van der Waals surface area contributed by atoms with Crippen LogP contribution in [0, 0.1) is 19.7 Å². The Morgan fingerprint density at radius 2 is 1.77 bits per heavy atom. The first kappa shape index (κ1) is 17.5. The standard InChI is InChI=1S/C20H14ClFN2S2/c1-11-8-17(12(2)7-15(11)21)26-20-19-16(23-10-24-20)9-18(25-19)13-3-5-14(22)6-4-13/h3-10H,1-2H3. The molecule has 0 unspecified atom stereocenters. The van der Waals surface area contributed by atoms with Crippen LogP contribution in [0.25, 0.3) is 20.7 Å². The molecule has 2 aromatic heterocycles. The molecule has 0 saturated heterocycles. The molecule has 0 bridgehead atoms. The molecule has 0 fully saturated rings. The number of halogens is 2. The van der Waals surface area contributed by atoms with Gasteiger partial charge >= 0.3 is 0 Å². The van der Waals surface area contributed by atoms with Crippen LogP contribution in [0.2, 0.25) is 5.02 Å². The van der Waals surface area contributed by atoms with Crippen molar-refractivity contribution in [2.45, 2.75) is 23.8 Å². The second kappa shape index (κ2) is 6.99. The van der Waals surface area contributed by atoms with Gasteiger partial charge in [-0.3, -0.25) is 0 Å². The van der Waals surface area contributed by atoms with E-state index in [1.54, 1.807) is 41.6 Å². The molecule has 2 aromatic carbocycles. The van der Waals surface area contributed by atoms with Gasteiger partial charge in [0.15, 0.2) is 0 Å². The summed E-state index contributed by atoms with van der Waals surface area (Å²) in [5.41, 5.74) is 4.04. The quantitative estimate of drug-likeness (QED) is 0.349. The lowest BCUT2D eigenvalue weighted by Crippen LogP contribution is -1.87. The maximum absolute atomic E-state index is 13.2. The topological polar surface area (TPSA) is 25.8 Å². The van der Waals surface area contributed by atoms with Crippen molar-refractivity contribution >= 4 is 44.9 Å². The number of benzene rings is 2. The number of rotatable bonds is 3. The first-order chi connectivity index (χ1) is 12.5. The lowest BCUT2D eigenvalue weighted by molar-refractivity contribution is 0.628. The van der Waals surface area contributed by atoms with Crippen molar-refractivity contribution in [3.8, 4) is 10.4 Å². The highest BCUT2D eigenvalue weighted by Crippen LogP contribution is 2.40. The molecule has 0 saturated carbocycles. The van der Waals surface area contributed by atoms with E-state index >= 15 is 0 Å². The van der Waals surface area contributed by atoms with E-state index in [1.165, 1.54) is 12.1 Å². The average Bonchev–Trinajstić information content (AvgIpc) is 3.05. The van der Waals surface area contributed by atoms with Gasteiger partial charge in [0.2, 0.25) is 0 Å². The average molecular weight is 401 g/mol. The SMILES string of the molecule is Cc1cc(Sc2ncnc3cc(-c4ccc(F)cc4)sc23)c(C)cc1Cl. The smallest absolute Gasteiger partial charge is 0.123 e. The minimum atomic E-state index is -0.237. The van der Waals surface area contributed by atoms with Crippen molar-refractivity contribution in [1.82, 2.24) is 9.97 Å². The van der Waals surface area contributed by atoms with E-state index in [2.05, 4.69) is 16.0 Å². The molecule has 0 N–H and O–H groups in total. The lowest BCUT2D eigenvalue weighted by atomic mass is 10.2. The van der Waals surface area contributed by atoms with E-state index in [4.69, 9.17) is 11.6 Å². The lowest BCUT2D eigenvalue weighted by Gasteiger charge is -2.08. The zero-order chi connectivity index (χ0) is 18.3. The van der Waals surface area contributed by atoms with Gasteiger partial charge in [-0.2, -0.15) is 0 Å². The molecule has 2 nitrogen and oxygen atoms in total. The third-order valence-corrected chi connectivity index (χ3v) is 6.95. The monoisotopic (exact) mass is 400 g/mol. The van der Waals surface area contributed by atoms with Crippen LogP contribution >= 0.6 is 34.7 Å². The second-order valence-corrected chi connectivity index (χ2v) is 8.47. The van der Waals surface area contributed by atoms with E-state index in [0.717, 1.165) is 46.7 Å². The molecule has 6 heteroatoms. The van der Waals surface area contributed by atoms with E-state index in [9.17, 15) is 4.39 Å². The fourth-order valence-electron chi connectivity index (χ4n) is 2.63. The minimum Gasteiger partial charge on any atom is -0.235 e. The maximum Gasteiger partial charge on any atom is 0.123 e. The number of aryl methyl sites for hydroxylation is 2. The van der Waals surface area contributed by atoms with E-state index in [1.807, 2.05) is 26.0 Å². The van der Waals surface area contributed by atoms with E-state index in [0.29, 0.717) is 0 Å². The van der Waals surface area contributed by atoms with Gasteiger partial charge in [0, 0.05) is 14.8 Å². The summed E-state index contributed by atoms with van der Waals surface area (Å²) in [5.74, 6) is -0.237. The van der Waals surface area contributed by atoms with E-state index < -0.39 is 0 Å². The van der Waals surface area contributed by atoms with Crippen LogP contribution in [0.3, 0.4) is 0 Å². The molecule has 0 amide bonds. The highest BCUT2D eigenvalue weighted by molar-refractivity contribution is 7.99. The van der Waals surface area contributed by atoms with Crippen molar-refractivity contribution in [2.75, 3.05) is 0 Å². The molecule has 0 radical (unpaired) electrons. The summed E-state index contributed by atoms with van der Waals surface area (Å²) in [5, 5.41) is 1.69. The zero-order valence-corrected chi connectivity index (χ0v) is 16.5. The van der Waals surface area contributed by atoms with Gasteiger partial charge in [-0.05, 0) is 60.9 Å². The first-order valence-electron chi connectivity index (χ1n) is 7.96. The van der Waals surface area contributed by atoms with Crippen LogP contribution in [0.15, 0.2) is 58.7 Å². The van der Waals surface area contributed by atoms with Crippen molar-refractivity contribution < 1.29 is 4.39 Å². The van der Waals surface area contributed by atoms with Crippen LogP contribution in [-0.4, -0.2) is 9.97 Å². The molecule has 0 spiro atoms. The summed E-state index contributed by atoms with van der Waals surface area (Å²) in [6.45, 7) is 4.05. The van der Waals surface area contributed by atoms with Gasteiger partial charge < -0.3 is 0 Å². The number of nitrogens with zero attached hydrogens (tertiary/aromatic N) is 2. The number of hydrogen-bond acceptors (Lipinski definition) is 4. The van der Waals surface area contributed by atoms with Crippen LogP contribution in [0.4, 0.5) is 4.39 Å².